The summed E-state index contributed by atoms with van der Waals surface area (Å²) in [5, 5.41) is 0. The molecule has 0 fully saturated rings. The molecule has 3 heteroatoms. The lowest BCUT2D eigenvalue weighted by molar-refractivity contribution is -0.113. The molecule has 0 saturated heterocycles. The van der Waals surface area contributed by atoms with Crippen molar-refractivity contribution in [1.82, 2.24) is 0 Å². The number of aryl methyl sites for hydroxylation is 1. The van der Waals surface area contributed by atoms with Crippen LogP contribution < -0.4 is 4.90 Å². The minimum atomic E-state index is -0.481. The third kappa shape index (κ3) is 1.37. The smallest absolute Gasteiger partial charge is 0.283 e. The number of hydrogen-bond donors (Lipinski definition) is 0. The van der Waals surface area contributed by atoms with Crippen LogP contribution in [0.5, 0.6) is 0 Å². The molecule has 3 rings (SSSR count). The summed E-state index contributed by atoms with van der Waals surface area (Å²) >= 11 is 0. The van der Waals surface area contributed by atoms with Crippen molar-refractivity contribution < 1.29 is 9.59 Å². The van der Waals surface area contributed by atoms with E-state index in [0.717, 1.165) is 11.3 Å². The summed E-state index contributed by atoms with van der Waals surface area (Å²) in [6, 6.07) is 14.7. The monoisotopic (exact) mass is 237 g/mol. The Bertz CT molecular complexity index is 647. The molecule has 18 heavy (non-hydrogen) atoms. The first-order valence-corrected chi connectivity index (χ1v) is 5.73. The van der Waals surface area contributed by atoms with Gasteiger partial charge in [0.2, 0.25) is 0 Å². The Morgan fingerprint density at radius 2 is 1.61 bits per heavy atom. The lowest BCUT2D eigenvalue weighted by Gasteiger charge is -2.16. The number of fused-ring (bicyclic) bond motifs is 1. The first-order chi connectivity index (χ1) is 8.70. The molecule has 0 unspecified atom stereocenters. The number of Topliss-reactive ketones (excluding diaryl/α,β-unsaturated/α-hetero) is 1. The SMILES string of the molecule is Cc1cccc2c1C(=O)C(=O)N2c1ccccc1. The van der Waals surface area contributed by atoms with Gasteiger partial charge in [0.05, 0.1) is 11.3 Å². The molecule has 0 N–H and O–H groups in total. The van der Waals surface area contributed by atoms with Crippen molar-refractivity contribution in [2.75, 3.05) is 4.90 Å². The molecular formula is C15H11NO2. The van der Waals surface area contributed by atoms with Gasteiger partial charge in [-0.15, -0.1) is 0 Å². The highest BCUT2D eigenvalue weighted by atomic mass is 16.2. The largest absolute Gasteiger partial charge is 0.304 e. The molecule has 0 radical (unpaired) electrons. The first-order valence-electron chi connectivity index (χ1n) is 5.73. The van der Waals surface area contributed by atoms with Crippen LogP contribution >= 0.6 is 0 Å². The van der Waals surface area contributed by atoms with Crippen LogP contribution in [0.4, 0.5) is 11.4 Å². The number of carbonyl (C=O) groups excluding carboxylic acids is 2. The Hall–Kier alpha value is -2.42. The van der Waals surface area contributed by atoms with E-state index in [4.69, 9.17) is 0 Å². The summed E-state index contributed by atoms with van der Waals surface area (Å²) in [7, 11) is 0. The lowest BCUT2D eigenvalue weighted by atomic mass is 10.1. The summed E-state index contributed by atoms with van der Waals surface area (Å²) in [5.74, 6) is -0.905. The molecule has 0 aliphatic carbocycles. The number of rotatable bonds is 1. The normalized spacial score (nSPS) is 13.9. The van der Waals surface area contributed by atoms with Gasteiger partial charge in [0, 0.05) is 5.69 Å². The van der Waals surface area contributed by atoms with Crippen molar-refractivity contribution in [3.05, 3.63) is 59.7 Å². The van der Waals surface area contributed by atoms with Gasteiger partial charge in [0.1, 0.15) is 0 Å². The van der Waals surface area contributed by atoms with E-state index < -0.39 is 11.7 Å². The maximum atomic E-state index is 12.1. The van der Waals surface area contributed by atoms with Crippen molar-refractivity contribution in [2.24, 2.45) is 0 Å². The van der Waals surface area contributed by atoms with Crippen molar-refractivity contribution in [2.45, 2.75) is 6.92 Å². The lowest BCUT2D eigenvalue weighted by Crippen LogP contribution is -2.24. The van der Waals surface area contributed by atoms with Crippen molar-refractivity contribution in [1.29, 1.82) is 0 Å². The van der Waals surface area contributed by atoms with Crippen LogP contribution in [0.25, 0.3) is 0 Å². The standard InChI is InChI=1S/C15H11NO2/c1-10-6-5-9-12-13(10)14(17)15(18)16(12)11-7-3-2-4-8-11/h2-9H,1H3. The molecule has 0 saturated carbocycles. The van der Waals surface area contributed by atoms with Gasteiger partial charge in [-0.1, -0.05) is 30.3 Å². The Labute approximate surface area is 105 Å². The van der Waals surface area contributed by atoms with Crippen molar-refractivity contribution in [3.63, 3.8) is 0 Å². The van der Waals surface area contributed by atoms with E-state index in [9.17, 15) is 9.59 Å². The molecule has 0 atom stereocenters. The number of hydrogen-bond acceptors (Lipinski definition) is 2. The molecule has 1 aliphatic heterocycles. The maximum Gasteiger partial charge on any atom is 0.304 e. The van der Waals surface area contributed by atoms with E-state index in [1.807, 2.05) is 49.4 Å². The maximum absolute atomic E-state index is 12.1. The molecule has 0 bridgehead atoms. The molecular weight excluding hydrogens is 226 g/mol. The van der Waals surface area contributed by atoms with Gasteiger partial charge in [0.25, 0.3) is 5.78 Å². The molecule has 0 spiro atoms. The van der Waals surface area contributed by atoms with E-state index in [1.165, 1.54) is 4.90 Å². The van der Waals surface area contributed by atoms with Gasteiger partial charge in [-0.2, -0.15) is 0 Å². The fourth-order valence-corrected chi connectivity index (χ4v) is 2.29. The van der Waals surface area contributed by atoms with E-state index in [1.54, 1.807) is 6.07 Å². The number of anilines is 2. The Morgan fingerprint density at radius 1 is 0.889 bits per heavy atom. The summed E-state index contributed by atoms with van der Waals surface area (Å²) < 4.78 is 0. The third-order valence-electron chi connectivity index (χ3n) is 3.13. The predicted octanol–water partition coefficient (Wildman–Crippen LogP) is 2.86. The zero-order chi connectivity index (χ0) is 12.7. The van der Waals surface area contributed by atoms with Gasteiger partial charge < -0.3 is 0 Å². The minimum Gasteiger partial charge on any atom is -0.283 e. The average molecular weight is 237 g/mol. The second kappa shape index (κ2) is 3.81. The van der Waals surface area contributed by atoms with Gasteiger partial charge in [0.15, 0.2) is 0 Å². The molecule has 1 aliphatic rings. The van der Waals surface area contributed by atoms with Crippen LogP contribution in [0, 0.1) is 6.92 Å². The second-order valence-corrected chi connectivity index (χ2v) is 4.27. The Morgan fingerprint density at radius 3 is 2.33 bits per heavy atom. The summed E-state index contributed by atoms with van der Waals surface area (Å²) in [4.78, 5) is 25.6. The van der Waals surface area contributed by atoms with Gasteiger partial charge in [-0.3, -0.25) is 14.5 Å². The zero-order valence-corrected chi connectivity index (χ0v) is 9.88. The first kappa shape index (κ1) is 10.7. The van der Waals surface area contributed by atoms with Gasteiger partial charge >= 0.3 is 5.91 Å². The predicted molar refractivity (Wildman–Crippen MR) is 69.1 cm³/mol. The molecule has 2 aromatic rings. The number of nitrogens with zero attached hydrogens (tertiary/aromatic N) is 1. The molecule has 3 nitrogen and oxygen atoms in total. The Kier molecular flexibility index (Phi) is 2.27. The number of para-hydroxylation sites is 1. The molecule has 88 valence electrons. The van der Waals surface area contributed by atoms with Crippen LogP contribution in [-0.4, -0.2) is 11.7 Å². The highest BCUT2D eigenvalue weighted by molar-refractivity contribution is 6.54. The third-order valence-corrected chi connectivity index (χ3v) is 3.13. The summed E-state index contributed by atoms with van der Waals surface area (Å²) in [6.07, 6.45) is 0. The van der Waals surface area contributed by atoms with Crippen LogP contribution in [0.2, 0.25) is 0 Å². The van der Waals surface area contributed by atoms with E-state index in [2.05, 4.69) is 0 Å². The highest BCUT2D eigenvalue weighted by Gasteiger charge is 2.37. The van der Waals surface area contributed by atoms with Crippen LogP contribution in [0.1, 0.15) is 15.9 Å². The summed E-state index contributed by atoms with van der Waals surface area (Å²) in [5.41, 5.74) is 2.76. The van der Waals surface area contributed by atoms with Crippen LogP contribution in [0.15, 0.2) is 48.5 Å². The van der Waals surface area contributed by atoms with Gasteiger partial charge in [-0.05, 0) is 30.7 Å². The molecule has 0 aromatic heterocycles. The molecule has 2 aromatic carbocycles. The number of ketones is 1. The zero-order valence-electron chi connectivity index (χ0n) is 9.88. The van der Waals surface area contributed by atoms with E-state index in [0.29, 0.717) is 11.3 Å². The fourth-order valence-electron chi connectivity index (χ4n) is 2.29. The fraction of sp³-hybridized carbons (Fsp3) is 0.0667. The van der Waals surface area contributed by atoms with Crippen molar-refractivity contribution in [3.8, 4) is 0 Å². The highest BCUT2D eigenvalue weighted by Crippen LogP contribution is 2.36. The number of benzene rings is 2. The minimum absolute atomic E-state index is 0.424. The topological polar surface area (TPSA) is 37.4 Å². The summed E-state index contributed by atoms with van der Waals surface area (Å²) in [6.45, 7) is 1.85. The number of carbonyl (C=O) groups is 2. The van der Waals surface area contributed by atoms with Crippen LogP contribution in [0.3, 0.4) is 0 Å². The molecule has 1 heterocycles. The molecule has 1 amide bonds. The van der Waals surface area contributed by atoms with E-state index in [-0.39, 0.29) is 0 Å². The Balaban J connectivity index is 2.23. The average Bonchev–Trinajstić information content (AvgIpc) is 2.64. The van der Waals surface area contributed by atoms with Crippen LogP contribution in [-0.2, 0) is 4.79 Å². The quantitative estimate of drug-likeness (QED) is 0.715. The number of amides is 1. The van der Waals surface area contributed by atoms with E-state index >= 15 is 0 Å². The van der Waals surface area contributed by atoms with Gasteiger partial charge in [-0.25, -0.2) is 0 Å². The van der Waals surface area contributed by atoms with Crippen molar-refractivity contribution >= 4 is 23.1 Å². The second-order valence-electron chi connectivity index (χ2n) is 4.27.